The zero-order valence-electron chi connectivity index (χ0n) is 7.17. The quantitative estimate of drug-likeness (QED) is 0.697. The summed E-state index contributed by atoms with van der Waals surface area (Å²) in [6, 6.07) is 4.97. The Morgan fingerprint density at radius 3 is 2.54 bits per heavy atom. The Labute approximate surface area is 74.6 Å². The third kappa shape index (κ3) is 3.05. The Balaban J connectivity index is 2.61. The highest BCUT2D eigenvalue weighted by Gasteiger charge is 2.35. The molecule has 0 aliphatic carbocycles. The van der Waals surface area contributed by atoms with E-state index in [-0.39, 0.29) is 6.42 Å². The predicted molar refractivity (Wildman–Crippen MR) is 43.2 cm³/mol. The number of hydrogen-bond acceptors (Lipinski definition) is 1. The Bertz CT molecular complexity index is 255. The second-order valence-electron chi connectivity index (χ2n) is 2.97. The van der Waals surface area contributed by atoms with Gasteiger partial charge in [-0.05, 0) is 12.1 Å². The SMILES string of the molecule is C[C@@H](Cc1ccccn1)C(F)(F)F. The van der Waals surface area contributed by atoms with Gasteiger partial charge in [-0.15, -0.1) is 0 Å². The maximum Gasteiger partial charge on any atom is 0.391 e. The molecule has 0 unspecified atom stereocenters. The molecule has 0 amide bonds. The van der Waals surface area contributed by atoms with Crippen molar-refractivity contribution in [2.75, 3.05) is 0 Å². The fourth-order valence-electron chi connectivity index (χ4n) is 0.948. The van der Waals surface area contributed by atoms with Crippen LogP contribution in [-0.4, -0.2) is 11.2 Å². The van der Waals surface area contributed by atoms with Crippen molar-refractivity contribution in [2.45, 2.75) is 19.5 Å². The first kappa shape index (κ1) is 10.0. The van der Waals surface area contributed by atoms with Gasteiger partial charge in [0.1, 0.15) is 0 Å². The van der Waals surface area contributed by atoms with Crippen LogP contribution in [0.25, 0.3) is 0 Å². The van der Waals surface area contributed by atoms with Crippen molar-refractivity contribution in [2.24, 2.45) is 5.92 Å². The normalized spacial score (nSPS) is 14.2. The monoisotopic (exact) mass is 189 g/mol. The van der Waals surface area contributed by atoms with Gasteiger partial charge >= 0.3 is 6.18 Å². The van der Waals surface area contributed by atoms with Crippen LogP contribution in [0.3, 0.4) is 0 Å². The molecule has 0 aliphatic rings. The van der Waals surface area contributed by atoms with E-state index < -0.39 is 12.1 Å². The molecule has 0 aromatic carbocycles. The Hall–Kier alpha value is -1.06. The van der Waals surface area contributed by atoms with Crippen molar-refractivity contribution >= 4 is 0 Å². The Kier molecular flexibility index (Phi) is 2.90. The van der Waals surface area contributed by atoms with Crippen LogP contribution < -0.4 is 0 Å². The fraction of sp³-hybridized carbons (Fsp3) is 0.444. The average molecular weight is 189 g/mol. The fourth-order valence-corrected chi connectivity index (χ4v) is 0.948. The molecule has 0 aliphatic heterocycles. The molecule has 0 N–H and O–H groups in total. The largest absolute Gasteiger partial charge is 0.391 e. The number of alkyl halides is 3. The molecule has 0 bridgehead atoms. The van der Waals surface area contributed by atoms with Gasteiger partial charge in [0, 0.05) is 18.3 Å². The summed E-state index contributed by atoms with van der Waals surface area (Å²) in [6.07, 6.45) is -2.68. The van der Waals surface area contributed by atoms with Gasteiger partial charge in [0.05, 0.1) is 5.92 Å². The summed E-state index contributed by atoms with van der Waals surface area (Å²) in [5.74, 6) is -1.33. The van der Waals surface area contributed by atoms with Gasteiger partial charge in [0.25, 0.3) is 0 Å². The van der Waals surface area contributed by atoms with Crippen LogP contribution in [0, 0.1) is 5.92 Å². The summed E-state index contributed by atoms with van der Waals surface area (Å²) >= 11 is 0. The van der Waals surface area contributed by atoms with Crippen LogP contribution in [0.5, 0.6) is 0 Å². The number of pyridine rings is 1. The van der Waals surface area contributed by atoms with Gasteiger partial charge in [0.2, 0.25) is 0 Å². The van der Waals surface area contributed by atoms with Crippen LogP contribution >= 0.6 is 0 Å². The van der Waals surface area contributed by atoms with Gasteiger partial charge < -0.3 is 0 Å². The third-order valence-electron chi connectivity index (χ3n) is 1.80. The van der Waals surface area contributed by atoms with Crippen LogP contribution in [0.2, 0.25) is 0 Å². The van der Waals surface area contributed by atoms with Gasteiger partial charge in [-0.25, -0.2) is 0 Å². The lowest BCUT2D eigenvalue weighted by atomic mass is 10.1. The maximum atomic E-state index is 12.1. The van der Waals surface area contributed by atoms with E-state index in [2.05, 4.69) is 4.98 Å². The molecule has 0 spiro atoms. The highest BCUT2D eigenvalue weighted by molar-refractivity contribution is 5.04. The molecule has 0 radical (unpaired) electrons. The van der Waals surface area contributed by atoms with Crippen LogP contribution in [0.1, 0.15) is 12.6 Å². The van der Waals surface area contributed by atoms with Crippen LogP contribution in [-0.2, 0) is 6.42 Å². The molecule has 4 heteroatoms. The lowest BCUT2D eigenvalue weighted by Crippen LogP contribution is -2.22. The zero-order chi connectivity index (χ0) is 9.90. The van der Waals surface area contributed by atoms with Gasteiger partial charge in [-0.3, -0.25) is 4.98 Å². The van der Waals surface area contributed by atoms with Crippen molar-refractivity contribution in [3.8, 4) is 0 Å². The number of rotatable bonds is 2. The van der Waals surface area contributed by atoms with E-state index in [9.17, 15) is 13.2 Å². The Morgan fingerprint density at radius 2 is 2.08 bits per heavy atom. The summed E-state index contributed by atoms with van der Waals surface area (Å²) < 4.78 is 36.3. The average Bonchev–Trinajstić information content (AvgIpc) is 2.04. The highest BCUT2D eigenvalue weighted by Crippen LogP contribution is 2.27. The lowest BCUT2D eigenvalue weighted by Gasteiger charge is -2.14. The standard InChI is InChI=1S/C9H10F3N/c1-7(9(10,11)12)6-8-4-2-3-5-13-8/h2-5,7H,6H2,1H3/t7-/m0/s1. The van der Waals surface area contributed by atoms with E-state index in [4.69, 9.17) is 0 Å². The minimum Gasteiger partial charge on any atom is -0.261 e. The first-order valence-electron chi connectivity index (χ1n) is 3.97. The number of aromatic nitrogens is 1. The molecular formula is C9H10F3N. The number of hydrogen-bond donors (Lipinski definition) is 0. The van der Waals surface area contributed by atoms with E-state index in [1.54, 1.807) is 18.2 Å². The van der Waals surface area contributed by atoms with Gasteiger partial charge in [-0.1, -0.05) is 13.0 Å². The first-order valence-corrected chi connectivity index (χ1v) is 3.97. The van der Waals surface area contributed by atoms with E-state index in [0.717, 1.165) is 6.92 Å². The minimum atomic E-state index is -4.13. The molecule has 1 aromatic rings. The minimum absolute atomic E-state index is 0.0513. The van der Waals surface area contributed by atoms with E-state index >= 15 is 0 Å². The van der Waals surface area contributed by atoms with Crippen LogP contribution in [0.4, 0.5) is 13.2 Å². The van der Waals surface area contributed by atoms with E-state index in [1.165, 1.54) is 6.20 Å². The van der Waals surface area contributed by atoms with Gasteiger partial charge in [0.15, 0.2) is 0 Å². The molecule has 1 atom stereocenters. The van der Waals surface area contributed by atoms with E-state index in [1.807, 2.05) is 0 Å². The molecule has 1 rings (SSSR count). The van der Waals surface area contributed by atoms with Crippen molar-refractivity contribution < 1.29 is 13.2 Å². The molecule has 0 saturated heterocycles. The molecule has 72 valence electrons. The second kappa shape index (κ2) is 3.77. The van der Waals surface area contributed by atoms with Crippen molar-refractivity contribution in [3.63, 3.8) is 0 Å². The summed E-state index contributed by atoms with van der Waals surface area (Å²) in [5.41, 5.74) is 0.479. The second-order valence-corrected chi connectivity index (χ2v) is 2.97. The summed E-state index contributed by atoms with van der Waals surface area (Å²) in [4.78, 5) is 3.83. The van der Waals surface area contributed by atoms with E-state index in [0.29, 0.717) is 5.69 Å². The zero-order valence-corrected chi connectivity index (χ0v) is 7.17. The predicted octanol–water partition coefficient (Wildman–Crippen LogP) is 2.82. The molecule has 1 nitrogen and oxygen atoms in total. The smallest absolute Gasteiger partial charge is 0.261 e. The molecule has 1 heterocycles. The van der Waals surface area contributed by atoms with Crippen molar-refractivity contribution in [3.05, 3.63) is 30.1 Å². The molecule has 1 aromatic heterocycles. The molecular weight excluding hydrogens is 179 g/mol. The summed E-state index contributed by atoms with van der Waals surface area (Å²) in [5, 5.41) is 0. The maximum absolute atomic E-state index is 12.1. The van der Waals surface area contributed by atoms with Crippen LogP contribution in [0.15, 0.2) is 24.4 Å². The lowest BCUT2D eigenvalue weighted by molar-refractivity contribution is -0.169. The number of halogens is 3. The Morgan fingerprint density at radius 1 is 1.38 bits per heavy atom. The molecule has 0 fully saturated rings. The topological polar surface area (TPSA) is 12.9 Å². The number of nitrogens with zero attached hydrogens (tertiary/aromatic N) is 1. The molecule has 13 heavy (non-hydrogen) atoms. The third-order valence-corrected chi connectivity index (χ3v) is 1.80. The first-order chi connectivity index (χ1) is 6.00. The summed E-state index contributed by atoms with van der Waals surface area (Å²) in [7, 11) is 0. The van der Waals surface area contributed by atoms with Crippen molar-refractivity contribution in [1.29, 1.82) is 0 Å². The van der Waals surface area contributed by atoms with Gasteiger partial charge in [-0.2, -0.15) is 13.2 Å². The molecule has 0 saturated carbocycles. The van der Waals surface area contributed by atoms with Crippen molar-refractivity contribution in [1.82, 2.24) is 4.98 Å². The summed E-state index contributed by atoms with van der Waals surface area (Å²) in [6.45, 7) is 1.16. The highest BCUT2D eigenvalue weighted by atomic mass is 19.4.